The molecule has 0 aliphatic carbocycles. The van der Waals surface area contributed by atoms with E-state index < -0.39 is 6.10 Å². The number of carbonyl (C=O) groups is 1. The average molecular weight is 281 g/mol. The van der Waals surface area contributed by atoms with Crippen LogP contribution in [0.4, 0.5) is 0 Å². The minimum absolute atomic E-state index is 0.115. The van der Waals surface area contributed by atoms with Crippen LogP contribution in [-0.4, -0.2) is 18.5 Å². The summed E-state index contributed by atoms with van der Waals surface area (Å²) in [6.07, 6.45) is 1.14. The second-order valence-electron chi connectivity index (χ2n) is 4.37. The number of ether oxygens (including phenoxy) is 1. The molecule has 4 heteroatoms. The van der Waals surface area contributed by atoms with Gasteiger partial charge >= 0.3 is 0 Å². The topological polar surface area (TPSA) is 39.4 Å². The molecule has 19 heavy (non-hydrogen) atoms. The van der Waals surface area contributed by atoms with E-state index in [1.165, 1.54) is 0 Å². The molecule has 0 spiro atoms. The summed E-state index contributed by atoms with van der Waals surface area (Å²) in [4.78, 5) is 12.3. The van der Waals surface area contributed by atoms with Crippen LogP contribution in [0.3, 0.4) is 0 Å². The molecular weight excluding hydrogens is 264 g/mol. The predicted octanol–water partition coefficient (Wildman–Crippen LogP) is 4.47. The number of carbonyl (C=O) groups excluding carboxylic acids is 1. The van der Waals surface area contributed by atoms with E-state index in [4.69, 9.17) is 20.8 Å². The zero-order valence-corrected chi connectivity index (χ0v) is 11.9. The van der Waals surface area contributed by atoms with Gasteiger partial charge in [-0.2, -0.15) is 0 Å². The summed E-state index contributed by atoms with van der Waals surface area (Å²) in [7, 11) is 0. The highest BCUT2D eigenvalue weighted by Gasteiger charge is 2.23. The van der Waals surface area contributed by atoms with Crippen molar-refractivity contribution in [2.24, 2.45) is 0 Å². The molecule has 0 saturated heterocycles. The first kappa shape index (κ1) is 14.1. The smallest absolute Gasteiger partial charge is 0.226 e. The summed E-state index contributed by atoms with van der Waals surface area (Å²) in [6.45, 7) is 4.41. The highest BCUT2D eigenvalue weighted by Crippen LogP contribution is 2.27. The Morgan fingerprint density at radius 3 is 2.84 bits per heavy atom. The van der Waals surface area contributed by atoms with Crippen LogP contribution in [0, 0.1) is 0 Å². The number of hydrogen-bond donors (Lipinski definition) is 0. The number of rotatable bonds is 6. The van der Waals surface area contributed by atoms with Crippen LogP contribution in [-0.2, 0) is 4.74 Å². The van der Waals surface area contributed by atoms with E-state index >= 15 is 0 Å². The minimum Gasteiger partial charge on any atom is -0.451 e. The monoisotopic (exact) mass is 280 g/mol. The maximum Gasteiger partial charge on any atom is 0.226 e. The Hall–Kier alpha value is -1.32. The fourth-order valence-corrected chi connectivity index (χ4v) is 2.28. The molecule has 3 nitrogen and oxygen atoms in total. The highest BCUT2D eigenvalue weighted by atomic mass is 35.5. The van der Waals surface area contributed by atoms with Gasteiger partial charge < -0.3 is 9.15 Å². The van der Waals surface area contributed by atoms with Crippen molar-refractivity contribution in [3.8, 4) is 0 Å². The molecule has 0 saturated carbocycles. The molecule has 2 aromatic rings. The molecule has 1 heterocycles. The molecule has 0 radical (unpaired) electrons. The molecule has 0 aliphatic rings. The predicted molar refractivity (Wildman–Crippen MR) is 75.9 cm³/mol. The van der Waals surface area contributed by atoms with Crippen LogP contribution in [0.1, 0.15) is 37.2 Å². The summed E-state index contributed by atoms with van der Waals surface area (Å²) in [5.74, 6) is 0.200. The lowest BCUT2D eigenvalue weighted by atomic mass is 10.1. The minimum atomic E-state index is -0.436. The first-order chi connectivity index (χ1) is 9.17. The summed E-state index contributed by atoms with van der Waals surface area (Å²) >= 11 is 6.04. The first-order valence-electron chi connectivity index (χ1n) is 6.51. The quantitative estimate of drug-likeness (QED) is 0.733. The maximum atomic E-state index is 12.3. The third-order valence-corrected chi connectivity index (χ3v) is 3.25. The number of para-hydroxylation sites is 1. The van der Waals surface area contributed by atoms with Gasteiger partial charge in [-0.05, 0) is 25.5 Å². The van der Waals surface area contributed by atoms with Crippen molar-refractivity contribution < 1.29 is 13.9 Å². The lowest BCUT2D eigenvalue weighted by molar-refractivity contribution is 0.0401. The lowest BCUT2D eigenvalue weighted by Crippen LogP contribution is -2.23. The number of Topliss-reactive ketones (excluding diaryl/α,β-unsaturated/α-hetero) is 1. The largest absolute Gasteiger partial charge is 0.451 e. The normalized spacial score (nSPS) is 12.8. The van der Waals surface area contributed by atoms with Crippen LogP contribution < -0.4 is 0 Å². The van der Waals surface area contributed by atoms with Gasteiger partial charge in [0.15, 0.2) is 11.3 Å². The zero-order valence-electron chi connectivity index (χ0n) is 11.1. The molecule has 1 aromatic heterocycles. The molecule has 2 rings (SSSR count). The standard InChI is InChI=1S/C15H17ClO3/c1-3-6-12(18-4-2)14(17)13-9-10-7-5-8-11(16)15(10)19-13/h5,7-9,12H,3-4,6H2,1-2H3. The van der Waals surface area contributed by atoms with Gasteiger partial charge in [0.1, 0.15) is 6.10 Å². The van der Waals surface area contributed by atoms with E-state index in [1.807, 2.05) is 26.0 Å². The molecule has 1 atom stereocenters. The van der Waals surface area contributed by atoms with Crippen molar-refractivity contribution in [2.45, 2.75) is 32.8 Å². The van der Waals surface area contributed by atoms with Gasteiger partial charge in [-0.25, -0.2) is 0 Å². The third-order valence-electron chi connectivity index (χ3n) is 2.95. The molecule has 1 unspecified atom stereocenters. The molecular formula is C15H17ClO3. The van der Waals surface area contributed by atoms with E-state index in [0.717, 1.165) is 11.8 Å². The van der Waals surface area contributed by atoms with Crippen molar-refractivity contribution in [2.75, 3.05) is 6.61 Å². The van der Waals surface area contributed by atoms with Crippen molar-refractivity contribution >= 4 is 28.4 Å². The molecule has 0 amide bonds. The second-order valence-corrected chi connectivity index (χ2v) is 4.77. The zero-order chi connectivity index (χ0) is 13.8. The first-order valence-corrected chi connectivity index (χ1v) is 6.89. The van der Waals surface area contributed by atoms with E-state index in [9.17, 15) is 4.79 Å². The van der Waals surface area contributed by atoms with Gasteiger partial charge in [-0.1, -0.05) is 37.1 Å². The van der Waals surface area contributed by atoms with Crippen LogP contribution in [0.25, 0.3) is 11.0 Å². The van der Waals surface area contributed by atoms with Crippen LogP contribution in [0.2, 0.25) is 5.02 Å². The van der Waals surface area contributed by atoms with Crippen LogP contribution in [0.5, 0.6) is 0 Å². The Morgan fingerprint density at radius 2 is 2.21 bits per heavy atom. The van der Waals surface area contributed by atoms with Gasteiger partial charge in [0.05, 0.1) is 5.02 Å². The fraction of sp³-hybridized carbons (Fsp3) is 0.400. The van der Waals surface area contributed by atoms with E-state index in [1.54, 1.807) is 12.1 Å². The van der Waals surface area contributed by atoms with Gasteiger partial charge in [0, 0.05) is 12.0 Å². The van der Waals surface area contributed by atoms with Gasteiger partial charge in [-0.3, -0.25) is 4.79 Å². The summed E-state index contributed by atoms with van der Waals surface area (Å²) < 4.78 is 11.1. The Labute approximate surface area is 117 Å². The SMILES string of the molecule is CCCC(OCC)C(=O)c1cc2cccc(Cl)c2o1. The van der Waals surface area contributed by atoms with Crippen molar-refractivity contribution in [1.82, 2.24) is 0 Å². The fourth-order valence-electron chi connectivity index (χ4n) is 2.06. The third kappa shape index (κ3) is 2.99. The molecule has 0 bridgehead atoms. The number of benzene rings is 1. The Morgan fingerprint density at radius 1 is 1.42 bits per heavy atom. The molecule has 1 aromatic carbocycles. The van der Waals surface area contributed by atoms with Crippen LogP contribution in [0.15, 0.2) is 28.7 Å². The number of hydrogen-bond acceptors (Lipinski definition) is 3. The van der Waals surface area contributed by atoms with Crippen molar-refractivity contribution in [1.29, 1.82) is 0 Å². The lowest BCUT2D eigenvalue weighted by Gasteiger charge is -2.13. The number of furan rings is 1. The van der Waals surface area contributed by atoms with E-state index in [0.29, 0.717) is 29.4 Å². The number of halogens is 1. The highest BCUT2D eigenvalue weighted by molar-refractivity contribution is 6.34. The summed E-state index contributed by atoms with van der Waals surface area (Å²) in [6, 6.07) is 7.18. The van der Waals surface area contributed by atoms with Gasteiger partial charge in [0.2, 0.25) is 5.78 Å². The maximum absolute atomic E-state index is 12.3. The Balaban J connectivity index is 2.32. The van der Waals surface area contributed by atoms with Gasteiger partial charge in [0.25, 0.3) is 0 Å². The molecule has 102 valence electrons. The van der Waals surface area contributed by atoms with E-state index in [2.05, 4.69) is 0 Å². The van der Waals surface area contributed by atoms with Crippen molar-refractivity contribution in [3.63, 3.8) is 0 Å². The Bertz CT molecular complexity index is 568. The molecule has 0 N–H and O–H groups in total. The summed E-state index contributed by atoms with van der Waals surface area (Å²) in [5, 5.41) is 1.35. The molecule has 0 aliphatic heterocycles. The second kappa shape index (κ2) is 6.22. The Kier molecular flexibility index (Phi) is 4.61. The number of fused-ring (bicyclic) bond motifs is 1. The molecule has 0 fully saturated rings. The van der Waals surface area contributed by atoms with Gasteiger partial charge in [-0.15, -0.1) is 0 Å². The van der Waals surface area contributed by atoms with E-state index in [-0.39, 0.29) is 5.78 Å². The van der Waals surface area contributed by atoms with Crippen molar-refractivity contribution in [3.05, 3.63) is 35.0 Å². The van der Waals surface area contributed by atoms with Crippen LogP contribution >= 0.6 is 11.6 Å². The number of ketones is 1. The summed E-state index contributed by atoms with van der Waals surface area (Å²) in [5.41, 5.74) is 0.555. The average Bonchev–Trinajstić information content (AvgIpc) is 2.83.